The van der Waals surface area contributed by atoms with E-state index in [0.717, 1.165) is 11.1 Å². The summed E-state index contributed by atoms with van der Waals surface area (Å²) >= 11 is 6.48. The molecule has 2 aliphatic heterocycles. The smallest absolute Gasteiger partial charge is 0.276 e. The molecule has 1 saturated carbocycles. The second kappa shape index (κ2) is 7.15. The monoisotopic (exact) mass is 415 g/mol. The van der Waals surface area contributed by atoms with Crippen molar-refractivity contribution in [2.24, 2.45) is 5.92 Å². The molecule has 1 saturated heterocycles. The van der Waals surface area contributed by atoms with E-state index in [1.165, 1.54) is 12.8 Å². The minimum Gasteiger partial charge on any atom is -0.378 e. The molecule has 2 aromatic rings. The second-order valence-corrected chi connectivity index (χ2v) is 8.39. The summed E-state index contributed by atoms with van der Waals surface area (Å²) in [6, 6.07) is 5.49. The largest absolute Gasteiger partial charge is 0.378 e. The van der Waals surface area contributed by atoms with Crippen LogP contribution in [-0.4, -0.2) is 59.1 Å². The van der Waals surface area contributed by atoms with Gasteiger partial charge in [0.25, 0.3) is 11.8 Å². The molecule has 0 radical (unpaired) electrons. The van der Waals surface area contributed by atoms with Crippen LogP contribution < -0.4 is 0 Å². The van der Waals surface area contributed by atoms with Gasteiger partial charge in [0.2, 0.25) is 0 Å². The van der Waals surface area contributed by atoms with Gasteiger partial charge in [-0.15, -0.1) is 0 Å². The van der Waals surface area contributed by atoms with Gasteiger partial charge in [0, 0.05) is 37.3 Å². The van der Waals surface area contributed by atoms with E-state index >= 15 is 0 Å². The number of fused-ring (bicyclic) bond motifs is 1. The zero-order valence-corrected chi connectivity index (χ0v) is 16.9. The number of morpholine rings is 1. The highest BCUT2D eigenvalue weighted by atomic mass is 35.5. The van der Waals surface area contributed by atoms with Crippen LogP contribution in [0.5, 0.6) is 0 Å². The lowest BCUT2D eigenvalue weighted by Gasteiger charge is -2.25. The van der Waals surface area contributed by atoms with Crippen molar-refractivity contribution in [3.05, 3.63) is 40.0 Å². The lowest BCUT2D eigenvalue weighted by Crippen LogP contribution is -2.40. The zero-order chi connectivity index (χ0) is 20.1. The second-order valence-electron chi connectivity index (χ2n) is 7.98. The van der Waals surface area contributed by atoms with Gasteiger partial charge >= 0.3 is 0 Å². The van der Waals surface area contributed by atoms with Crippen molar-refractivity contribution in [2.75, 3.05) is 26.3 Å². The highest BCUT2D eigenvalue weighted by Crippen LogP contribution is 2.40. The Labute approximate surface area is 173 Å². The molecule has 1 aliphatic carbocycles. The highest BCUT2D eigenvalue weighted by Gasteiger charge is 2.39. The molecule has 3 aliphatic rings. The molecule has 3 heterocycles. The number of hydrogen-bond acceptors (Lipinski definition) is 5. The first-order valence-electron chi connectivity index (χ1n) is 10.0. The van der Waals surface area contributed by atoms with Crippen LogP contribution in [0.4, 0.5) is 0 Å². The number of halogens is 1. The number of carbonyl (C=O) groups is 2. The highest BCUT2D eigenvalue weighted by molar-refractivity contribution is 6.34. The van der Waals surface area contributed by atoms with Crippen molar-refractivity contribution in [3.8, 4) is 11.3 Å². The summed E-state index contributed by atoms with van der Waals surface area (Å²) in [6.45, 7) is 4.80. The van der Waals surface area contributed by atoms with E-state index in [0.29, 0.717) is 55.1 Å². The Morgan fingerprint density at radius 3 is 2.72 bits per heavy atom. The lowest BCUT2D eigenvalue weighted by atomic mass is 10.0. The summed E-state index contributed by atoms with van der Waals surface area (Å²) in [7, 11) is 0. The summed E-state index contributed by atoms with van der Waals surface area (Å²) in [5.41, 5.74) is 2.45. The van der Waals surface area contributed by atoms with Crippen molar-refractivity contribution in [1.29, 1.82) is 0 Å². The maximum absolute atomic E-state index is 12.9. The number of aromatic nitrogens is 1. The molecular formula is C21H22ClN3O4. The molecule has 7 nitrogen and oxygen atoms in total. The average molecular weight is 416 g/mol. The van der Waals surface area contributed by atoms with Crippen LogP contribution in [0.25, 0.3) is 11.3 Å². The van der Waals surface area contributed by atoms with Crippen molar-refractivity contribution in [1.82, 2.24) is 15.0 Å². The van der Waals surface area contributed by atoms with E-state index < -0.39 is 0 Å². The van der Waals surface area contributed by atoms with E-state index in [2.05, 4.69) is 12.1 Å². The van der Waals surface area contributed by atoms with Crippen LogP contribution in [0, 0.1) is 5.92 Å². The van der Waals surface area contributed by atoms with Crippen LogP contribution >= 0.6 is 11.6 Å². The topological polar surface area (TPSA) is 75.9 Å². The van der Waals surface area contributed by atoms with E-state index in [1.54, 1.807) is 17.0 Å². The summed E-state index contributed by atoms with van der Waals surface area (Å²) in [4.78, 5) is 29.1. The first-order valence-corrected chi connectivity index (χ1v) is 10.4. The SMILES string of the molecule is C[C@@H](C1CC1)N1Cc2cc(-c3cc(C(=O)N4CCOCC4)no3)cc(Cl)c2C1=O. The molecule has 1 atom stereocenters. The predicted octanol–water partition coefficient (Wildman–Crippen LogP) is 3.22. The van der Waals surface area contributed by atoms with Crippen molar-refractivity contribution in [2.45, 2.75) is 32.4 Å². The number of amides is 2. The van der Waals surface area contributed by atoms with Gasteiger partial charge in [-0.1, -0.05) is 16.8 Å². The third-order valence-corrected chi connectivity index (χ3v) is 6.39. The average Bonchev–Trinajstić information content (AvgIpc) is 3.37. The Morgan fingerprint density at radius 1 is 1.24 bits per heavy atom. The number of nitrogens with zero attached hydrogens (tertiary/aromatic N) is 3. The molecule has 0 unspecified atom stereocenters. The third-order valence-electron chi connectivity index (χ3n) is 6.10. The first-order chi connectivity index (χ1) is 14.0. The van der Waals surface area contributed by atoms with E-state index in [1.807, 2.05) is 11.0 Å². The van der Waals surface area contributed by atoms with Crippen LogP contribution in [0.1, 0.15) is 46.2 Å². The van der Waals surface area contributed by atoms with Gasteiger partial charge < -0.3 is 19.1 Å². The summed E-state index contributed by atoms with van der Waals surface area (Å²) in [5, 5.41) is 4.36. The fraction of sp³-hybridized carbons (Fsp3) is 0.476. The van der Waals surface area contributed by atoms with Crippen molar-refractivity contribution in [3.63, 3.8) is 0 Å². The minimum atomic E-state index is -0.171. The van der Waals surface area contributed by atoms with Crippen LogP contribution in [0.2, 0.25) is 5.02 Å². The Hall–Kier alpha value is -2.38. The van der Waals surface area contributed by atoms with Crippen molar-refractivity contribution < 1.29 is 18.8 Å². The Balaban J connectivity index is 1.40. The quantitative estimate of drug-likeness (QED) is 0.766. The molecule has 5 rings (SSSR count). The standard InChI is InChI=1S/C21H22ClN3O4/c1-12(13-2-3-13)25-11-15-8-14(9-16(22)19(15)21(25)27)18-10-17(23-29-18)20(26)24-4-6-28-7-5-24/h8-10,12-13H,2-7,11H2,1H3/t12-/m0/s1. The molecular weight excluding hydrogens is 394 g/mol. The van der Waals surface area contributed by atoms with E-state index in [-0.39, 0.29) is 23.6 Å². The van der Waals surface area contributed by atoms with Gasteiger partial charge in [-0.2, -0.15) is 0 Å². The molecule has 0 spiro atoms. The number of rotatable bonds is 4. The zero-order valence-electron chi connectivity index (χ0n) is 16.2. The number of hydrogen-bond donors (Lipinski definition) is 0. The maximum Gasteiger partial charge on any atom is 0.276 e. The van der Waals surface area contributed by atoms with E-state index in [4.69, 9.17) is 20.9 Å². The minimum absolute atomic E-state index is 0.00305. The molecule has 0 N–H and O–H groups in total. The van der Waals surface area contributed by atoms with Gasteiger partial charge in [0.15, 0.2) is 11.5 Å². The molecule has 152 valence electrons. The Morgan fingerprint density at radius 2 is 2.00 bits per heavy atom. The molecule has 8 heteroatoms. The van der Waals surface area contributed by atoms with Gasteiger partial charge in [0.1, 0.15) is 0 Å². The van der Waals surface area contributed by atoms with Gasteiger partial charge in [0.05, 0.1) is 23.8 Å². The molecule has 1 aromatic carbocycles. The summed E-state index contributed by atoms with van der Waals surface area (Å²) in [6.07, 6.45) is 2.36. The van der Waals surface area contributed by atoms with Gasteiger partial charge in [-0.25, -0.2) is 0 Å². The Bertz CT molecular complexity index is 978. The molecule has 29 heavy (non-hydrogen) atoms. The van der Waals surface area contributed by atoms with Crippen molar-refractivity contribution >= 4 is 23.4 Å². The van der Waals surface area contributed by atoms with Gasteiger partial charge in [-0.3, -0.25) is 9.59 Å². The number of benzene rings is 1. The summed E-state index contributed by atoms with van der Waals surface area (Å²) < 4.78 is 10.7. The van der Waals surface area contributed by atoms with Crippen LogP contribution in [-0.2, 0) is 11.3 Å². The molecule has 1 aromatic heterocycles. The molecule has 2 amide bonds. The normalized spacial score (nSPS) is 20.1. The van der Waals surface area contributed by atoms with Crippen LogP contribution in [0.3, 0.4) is 0 Å². The number of ether oxygens (including phenoxy) is 1. The fourth-order valence-corrected chi connectivity index (χ4v) is 4.49. The lowest BCUT2D eigenvalue weighted by molar-refractivity contribution is 0.0296. The summed E-state index contributed by atoms with van der Waals surface area (Å²) in [5.74, 6) is 0.883. The Kier molecular flexibility index (Phi) is 4.59. The van der Waals surface area contributed by atoms with Gasteiger partial charge in [-0.05, 0) is 43.4 Å². The van der Waals surface area contributed by atoms with E-state index in [9.17, 15) is 9.59 Å². The maximum atomic E-state index is 12.9. The molecule has 2 fully saturated rings. The first kappa shape index (κ1) is 18.6. The predicted molar refractivity (Wildman–Crippen MR) is 106 cm³/mol. The third kappa shape index (κ3) is 3.32. The molecule has 0 bridgehead atoms. The van der Waals surface area contributed by atoms with Crippen LogP contribution in [0.15, 0.2) is 22.7 Å². The number of carbonyl (C=O) groups excluding carboxylic acids is 2. The fourth-order valence-electron chi connectivity index (χ4n) is 4.17.